The molecule has 3 heterocycles. The van der Waals surface area contributed by atoms with E-state index in [9.17, 15) is 4.79 Å². The van der Waals surface area contributed by atoms with Gasteiger partial charge in [-0.2, -0.15) is 5.26 Å². The number of thiazole rings is 1. The predicted molar refractivity (Wildman–Crippen MR) is 96.8 cm³/mol. The summed E-state index contributed by atoms with van der Waals surface area (Å²) in [6.45, 7) is 0. The molecule has 1 amide bonds. The first-order chi connectivity index (χ1) is 11.8. The minimum atomic E-state index is -0.171. The predicted octanol–water partition coefficient (Wildman–Crippen LogP) is 3.61. The number of anilines is 1. The average molecular weight is 371 g/mol. The van der Waals surface area contributed by atoms with E-state index in [4.69, 9.17) is 5.26 Å². The molecule has 0 fully saturated rings. The van der Waals surface area contributed by atoms with Crippen molar-refractivity contribution < 1.29 is 4.79 Å². The summed E-state index contributed by atoms with van der Waals surface area (Å²) >= 11 is 4.23. The molecule has 0 atom stereocenters. The number of nitriles is 1. The third kappa shape index (κ3) is 2.65. The number of thiophene rings is 1. The monoisotopic (exact) mass is 371 g/mol. The number of hydrogen-bond acceptors (Lipinski definition) is 7. The molecule has 4 aromatic rings. The van der Waals surface area contributed by atoms with E-state index in [1.54, 1.807) is 22.8 Å². The zero-order valence-electron chi connectivity index (χ0n) is 12.1. The van der Waals surface area contributed by atoms with Crippen molar-refractivity contribution in [3.8, 4) is 6.07 Å². The second kappa shape index (κ2) is 6.24. The van der Waals surface area contributed by atoms with E-state index >= 15 is 0 Å². The number of carbonyl (C=O) groups is 1. The molecule has 9 heteroatoms. The first kappa shape index (κ1) is 15.1. The lowest BCUT2D eigenvalue weighted by Crippen LogP contribution is -2.14. The van der Waals surface area contributed by atoms with Crippen LogP contribution < -0.4 is 5.32 Å². The molecule has 1 N–H and O–H groups in total. The van der Waals surface area contributed by atoms with Crippen molar-refractivity contribution in [1.82, 2.24) is 14.6 Å². The molecule has 0 bridgehead atoms. The van der Waals surface area contributed by atoms with Gasteiger partial charge in [0, 0.05) is 0 Å². The smallest absolute Gasteiger partial charge is 0.235 e. The van der Waals surface area contributed by atoms with Crippen LogP contribution in [0.1, 0.15) is 5.56 Å². The largest absolute Gasteiger partial charge is 0.316 e. The summed E-state index contributed by atoms with van der Waals surface area (Å²) in [4.78, 5) is 12.9. The quantitative estimate of drug-likeness (QED) is 0.554. The fourth-order valence-electron chi connectivity index (χ4n) is 2.24. The Kier molecular flexibility index (Phi) is 3.93. The lowest BCUT2D eigenvalue weighted by atomic mass is 10.3. The summed E-state index contributed by atoms with van der Waals surface area (Å²) in [6.07, 6.45) is 0. The average Bonchev–Trinajstić information content (AvgIpc) is 3.27. The number of rotatable bonds is 4. The Morgan fingerprint density at radius 3 is 3.08 bits per heavy atom. The standard InChI is InChI=1S/C15H9N5OS3/c16-7-9-5-6-22-13(9)17-12(21)8-23-14-18-19-15-20(14)10-3-1-2-4-11(10)24-15/h1-6H,8H2,(H,17,21). The minimum absolute atomic E-state index is 0.171. The maximum Gasteiger partial charge on any atom is 0.235 e. The molecule has 118 valence electrons. The first-order valence-corrected chi connectivity index (χ1v) is 9.57. The van der Waals surface area contributed by atoms with E-state index in [2.05, 4.69) is 21.6 Å². The molecule has 24 heavy (non-hydrogen) atoms. The second-order valence-corrected chi connectivity index (χ2v) is 7.65. The Morgan fingerprint density at radius 1 is 1.33 bits per heavy atom. The first-order valence-electron chi connectivity index (χ1n) is 6.89. The molecule has 0 aliphatic rings. The zero-order valence-corrected chi connectivity index (χ0v) is 14.5. The third-order valence-corrected chi connectivity index (χ3v) is 6.05. The highest BCUT2D eigenvalue weighted by molar-refractivity contribution is 7.99. The van der Waals surface area contributed by atoms with Crippen LogP contribution in [0, 0.1) is 11.3 Å². The summed E-state index contributed by atoms with van der Waals surface area (Å²) in [5, 5.41) is 23.1. The van der Waals surface area contributed by atoms with Gasteiger partial charge in [-0.3, -0.25) is 9.20 Å². The maximum atomic E-state index is 12.1. The highest BCUT2D eigenvalue weighted by Gasteiger charge is 2.15. The summed E-state index contributed by atoms with van der Waals surface area (Å²) in [6, 6.07) is 11.7. The Hall–Kier alpha value is -2.41. The van der Waals surface area contributed by atoms with Crippen LogP contribution in [-0.4, -0.2) is 26.3 Å². The minimum Gasteiger partial charge on any atom is -0.316 e. The van der Waals surface area contributed by atoms with Gasteiger partial charge >= 0.3 is 0 Å². The highest BCUT2D eigenvalue weighted by atomic mass is 32.2. The van der Waals surface area contributed by atoms with Crippen LogP contribution >= 0.6 is 34.4 Å². The van der Waals surface area contributed by atoms with Crippen molar-refractivity contribution in [1.29, 1.82) is 5.26 Å². The number of para-hydroxylation sites is 1. The van der Waals surface area contributed by atoms with Crippen LogP contribution in [0.3, 0.4) is 0 Å². The number of aromatic nitrogens is 3. The molecule has 0 saturated carbocycles. The molecule has 0 aliphatic heterocycles. The van der Waals surface area contributed by atoms with Crippen molar-refractivity contribution in [2.75, 3.05) is 11.1 Å². The Labute approximate surface area is 148 Å². The van der Waals surface area contributed by atoms with Crippen molar-refractivity contribution in [2.45, 2.75) is 5.16 Å². The number of thioether (sulfide) groups is 1. The SMILES string of the molecule is N#Cc1ccsc1NC(=O)CSc1nnc2sc3ccccc3n12. The van der Waals surface area contributed by atoms with Gasteiger partial charge in [-0.05, 0) is 23.6 Å². The lowest BCUT2D eigenvalue weighted by molar-refractivity contribution is -0.113. The molecule has 0 aliphatic carbocycles. The number of nitrogens with one attached hydrogen (secondary N) is 1. The molecule has 0 radical (unpaired) electrons. The summed E-state index contributed by atoms with van der Waals surface area (Å²) in [7, 11) is 0. The molecule has 0 saturated heterocycles. The van der Waals surface area contributed by atoms with Crippen molar-refractivity contribution in [3.05, 3.63) is 41.3 Å². The van der Waals surface area contributed by atoms with Gasteiger partial charge in [0.25, 0.3) is 0 Å². The maximum absolute atomic E-state index is 12.1. The summed E-state index contributed by atoms with van der Waals surface area (Å²) in [5.74, 6) is 0.0310. The van der Waals surface area contributed by atoms with E-state index < -0.39 is 0 Å². The van der Waals surface area contributed by atoms with Crippen molar-refractivity contribution in [3.63, 3.8) is 0 Å². The highest BCUT2D eigenvalue weighted by Crippen LogP contribution is 2.29. The van der Waals surface area contributed by atoms with E-state index in [1.165, 1.54) is 23.1 Å². The Balaban J connectivity index is 1.53. The number of benzene rings is 1. The molecular weight excluding hydrogens is 362 g/mol. The molecule has 4 rings (SSSR count). The van der Waals surface area contributed by atoms with Crippen molar-refractivity contribution >= 4 is 60.5 Å². The number of hydrogen-bond donors (Lipinski definition) is 1. The lowest BCUT2D eigenvalue weighted by Gasteiger charge is -2.02. The van der Waals surface area contributed by atoms with Crippen LogP contribution in [-0.2, 0) is 4.79 Å². The van der Waals surface area contributed by atoms with Gasteiger partial charge in [0.1, 0.15) is 11.1 Å². The van der Waals surface area contributed by atoms with Gasteiger partial charge in [0.05, 0.1) is 21.5 Å². The van der Waals surface area contributed by atoms with Gasteiger partial charge < -0.3 is 5.32 Å². The molecule has 6 nitrogen and oxygen atoms in total. The molecule has 0 spiro atoms. The van der Waals surface area contributed by atoms with Gasteiger partial charge in [-0.1, -0.05) is 35.2 Å². The Bertz CT molecular complexity index is 1090. The number of fused-ring (bicyclic) bond motifs is 3. The summed E-state index contributed by atoms with van der Waals surface area (Å²) in [5.41, 5.74) is 1.52. The third-order valence-electron chi connectivity index (χ3n) is 3.28. The van der Waals surface area contributed by atoms with Gasteiger partial charge in [0.15, 0.2) is 5.16 Å². The number of carbonyl (C=O) groups excluding carboxylic acids is 1. The van der Waals surface area contributed by atoms with Gasteiger partial charge in [0.2, 0.25) is 10.9 Å². The van der Waals surface area contributed by atoms with E-state index in [-0.39, 0.29) is 11.7 Å². The van der Waals surface area contributed by atoms with E-state index in [1.807, 2.05) is 28.7 Å². The van der Waals surface area contributed by atoms with Crippen LogP contribution in [0.4, 0.5) is 5.00 Å². The summed E-state index contributed by atoms with van der Waals surface area (Å²) < 4.78 is 3.09. The fraction of sp³-hybridized carbons (Fsp3) is 0.0667. The van der Waals surface area contributed by atoms with E-state index in [0.29, 0.717) is 15.7 Å². The Morgan fingerprint density at radius 2 is 2.21 bits per heavy atom. The van der Waals surface area contributed by atoms with Crippen molar-refractivity contribution in [2.24, 2.45) is 0 Å². The van der Waals surface area contributed by atoms with Crippen LogP contribution in [0.25, 0.3) is 15.2 Å². The van der Waals surface area contributed by atoms with Gasteiger partial charge in [-0.15, -0.1) is 21.5 Å². The fourth-order valence-corrected chi connectivity index (χ4v) is 4.76. The zero-order chi connectivity index (χ0) is 16.5. The number of amides is 1. The normalized spacial score (nSPS) is 11.0. The molecular formula is C15H9N5OS3. The topological polar surface area (TPSA) is 83.1 Å². The van der Waals surface area contributed by atoms with Gasteiger partial charge in [-0.25, -0.2) is 0 Å². The van der Waals surface area contributed by atoms with Crippen LogP contribution in [0.5, 0.6) is 0 Å². The van der Waals surface area contributed by atoms with Crippen LogP contribution in [0.2, 0.25) is 0 Å². The second-order valence-electron chi connectivity index (χ2n) is 4.78. The molecule has 0 unspecified atom stereocenters. The molecule has 3 aromatic heterocycles. The number of nitrogens with zero attached hydrogens (tertiary/aromatic N) is 4. The molecule has 1 aromatic carbocycles. The van der Waals surface area contributed by atoms with Crippen LogP contribution in [0.15, 0.2) is 40.9 Å². The van der Waals surface area contributed by atoms with E-state index in [0.717, 1.165) is 15.2 Å².